The van der Waals surface area contributed by atoms with Gasteiger partial charge in [-0.05, 0) is 0 Å². The lowest BCUT2D eigenvalue weighted by Crippen LogP contribution is -2.63. The van der Waals surface area contributed by atoms with Crippen LogP contribution in [0.5, 0.6) is 17.2 Å². The standard InChI is InChI=1S/C36H48B3N3O3/c1-10-37(11-2)19-16-31-22-35(44-8)29-41(26-31)39(14-5,15-6)21-18-33-24-36(45-9)30-42(27-33)38(12-3,13-4)20-17-32-23-34(43-7)28-40(37)25-32/h22-30H,10-15H2,1-9H3. The number of hydrogen-bond acceptors (Lipinski definition) is 3. The number of nitrogens with zero attached hydrogens (tertiary/aromatic N) is 3. The topological polar surface area (TPSA) is 39.3 Å². The molecule has 0 radical (unpaired) electrons. The SMILES string of the molecule is CC[B-]1(CC)C#Cc2cc(OC)c[n+](c2)[B-](CC)(CC)C#Cc2cc(OC)c[n+](c2)[B-](CC)(CC)C#Cc2cc(OC)c[n+]1c2. The first-order valence-electron chi connectivity index (χ1n) is 16.7. The van der Waals surface area contributed by atoms with E-state index in [4.69, 9.17) is 14.2 Å². The molecule has 3 aromatic heterocycles. The molecule has 4 rings (SSSR count). The summed E-state index contributed by atoms with van der Waals surface area (Å²) in [6.45, 7) is 13.3. The van der Waals surface area contributed by atoms with Gasteiger partial charge in [0.1, 0.15) is 18.6 Å². The number of ether oxygens (including phenoxy) is 3. The van der Waals surface area contributed by atoms with Gasteiger partial charge >= 0.3 is 18.8 Å². The molecule has 0 aliphatic carbocycles. The smallest absolute Gasteiger partial charge is 0.346 e. The molecule has 0 amide bonds. The van der Waals surface area contributed by atoms with Crippen molar-refractivity contribution in [3.05, 3.63) is 72.1 Å². The molecule has 0 unspecified atom stereocenters. The first-order chi connectivity index (χ1) is 21.7. The zero-order valence-corrected chi connectivity index (χ0v) is 28.7. The summed E-state index contributed by atoms with van der Waals surface area (Å²) >= 11 is 0. The molecule has 3 aromatic rings. The molecule has 1 aliphatic rings. The Balaban J connectivity index is 2.16. The Labute approximate surface area is 271 Å². The average Bonchev–Trinajstić information content (AvgIpc) is 3.09. The van der Waals surface area contributed by atoms with Crippen molar-refractivity contribution in [3.8, 4) is 52.5 Å². The molecule has 1 aliphatic heterocycles. The van der Waals surface area contributed by atoms with Crippen molar-refractivity contribution >= 4 is 18.8 Å². The van der Waals surface area contributed by atoms with E-state index in [1.807, 2.05) is 18.2 Å². The third kappa shape index (κ3) is 6.72. The second-order valence-electron chi connectivity index (χ2n) is 12.6. The minimum atomic E-state index is -1.31. The molecule has 0 saturated carbocycles. The predicted molar refractivity (Wildman–Crippen MR) is 187 cm³/mol. The minimum Gasteiger partial charge on any atom is -0.491 e. The van der Waals surface area contributed by atoms with Crippen LogP contribution in [0.3, 0.4) is 0 Å². The number of hydrogen-bond donors (Lipinski definition) is 0. The molecule has 4 heterocycles. The molecule has 0 aromatic carbocycles. The zero-order valence-electron chi connectivity index (χ0n) is 28.7. The lowest BCUT2D eigenvalue weighted by molar-refractivity contribution is -0.546. The van der Waals surface area contributed by atoms with Gasteiger partial charge in [-0.2, -0.15) is 0 Å². The summed E-state index contributed by atoms with van der Waals surface area (Å²) in [6.07, 6.45) is 14.0. The van der Waals surface area contributed by atoms with Crippen LogP contribution in [0.15, 0.2) is 55.4 Å². The highest BCUT2D eigenvalue weighted by molar-refractivity contribution is 6.80. The first-order valence-corrected chi connectivity index (χ1v) is 16.7. The van der Waals surface area contributed by atoms with Crippen LogP contribution in [0, 0.1) is 35.2 Å². The van der Waals surface area contributed by atoms with Crippen LogP contribution < -0.4 is 27.6 Å². The second-order valence-corrected chi connectivity index (χ2v) is 12.6. The molecule has 9 heteroatoms. The van der Waals surface area contributed by atoms with Crippen LogP contribution in [0.2, 0.25) is 37.9 Å². The predicted octanol–water partition coefficient (Wildman–Crippen LogP) is 5.16. The number of pyridine rings is 3. The van der Waals surface area contributed by atoms with E-state index in [1.54, 1.807) is 21.3 Å². The van der Waals surface area contributed by atoms with E-state index in [2.05, 4.69) is 127 Å². The summed E-state index contributed by atoms with van der Waals surface area (Å²) in [4.78, 5) is 0. The summed E-state index contributed by atoms with van der Waals surface area (Å²) in [6, 6.07) is 6.05. The van der Waals surface area contributed by atoms with Crippen LogP contribution in [0.4, 0.5) is 0 Å². The van der Waals surface area contributed by atoms with Crippen molar-refractivity contribution < 1.29 is 27.6 Å². The monoisotopic (exact) mass is 603 g/mol. The Bertz CT molecular complexity index is 1530. The normalized spacial score (nSPS) is 15.4. The van der Waals surface area contributed by atoms with Gasteiger partial charge in [0.15, 0.2) is 35.8 Å². The van der Waals surface area contributed by atoms with Crippen molar-refractivity contribution in [1.82, 2.24) is 0 Å². The van der Waals surface area contributed by atoms with Crippen LogP contribution in [0.1, 0.15) is 58.2 Å². The molecule has 234 valence electrons. The van der Waals surface area contributed by atoms with Gasteiger partial charge in [-0.3, -0.25) is 0 Å². The van der Waals surface area contributed by atoms with Gasteiger partial charge in [0, 0.05) is 18.2 Å². The average molecular weight is 603 g/mol. The minimum absolute atomic E-state index is 0.765. The summed E-state index contributed by atoms with van der Waals surface area (Å²) < 4.78 is 24.2. The molecule has 0 fully saturated rings. The lowest BCUT2D eigenvalue weighted by Gasteiger charge is -2.28. The van der Waals surface area contributed by atoms with E-state index in [-0.39, 0.29) is 0 Å². The molecule has 6 bridgehead atoms. The molecule has 0 N–H and O–H groups in total. The Morgan fingerprint density at radius 2 is 0.689 bits per heavy atom. The molecule has 0 saturated heterocycles. The summed E-state index contributed by atoms with van der Waals surface area (Å²) in [5, 5.41) is 0. The van der Waals surface area contributed by atoms with Gasteiger partial charge in [-0.15, -0.1) is 55.7 Å². The quantitative estimate of drug-likeness (QED) is 0.251. The maximum atomic E-state index is 5.80. The van der Waals surface area contributed by atoms with Gasteiger partial charge in [0.25, 0.3) is 0 Å². The zero-order chi connectivity index (χ0) is 32.7. The fraction of sp³-hybridized carbons (Fsp3) is 0.417. The van der Waals surface area contributed by atoms with E-state index in [0.29, 0.717) is 0 Å². The third-order valence-electron chi connectivity index (χ3n) is 10.5. The highest BCUT2D eigenvalue weighted by Gasteiger charge is 2.35. The van der Waals surface area contributed by atoms with E-state index in [1.165, 1.54) is 0 Å². The van der Waals surface area contributed by atoms with Crippen molar-refractivity contribution in [1.29, 1.82) is 0 Å². The van der Waals surface area contributed by atoms with E-state index in [0.717, 1.165) is 71.9 Å². The summed E-state index contributed by atoms with van der Waals surface area (Å²) in [7, 11) is 5.12. The third-order valence-corrected chi connectivity index (χ3v) is 10.5. The van der Waals surface area contributed by atoms with E-state index < -0.39 is 18.8 Å². The number of methoxy groups -OCH3 is 3. The maximum absolute atomic E-state index is 5.80. The first kappa shape index (κ1) is 33.6. The van der Waals surface area contributed by atoms with E-state index >= 15 is 0 Å². The number of fused-ring (bicyclic) bond motifs is 6. The number of aromatic nitrogens is 3. The van der Waals surface area contributed by atoms with Crippen LogP contribution in [-0.4, -0.2) is 40.2 Å². The van der Waals surface area contributed by atoms with Crippen LogP contribution >= 0.6 is 0 Å². The molecular weight excluding hydrogens is 555 g/mol. The van der Waals surface area contributed by atoms with Crippen molar-refractivity contribution in [2.75, 3.05) is 21.3 Å². The summed E-state index contributed by atoms with van der Waals surface area (Å²) in [5.41, 5.74) is 2.71. The van der Waals surface area contributed by atoms with Crippen molar-refractivity contribution in [2.24, 2.45) is 0 Å². The maximum Gasteiger partial charge on any atom is 0.346 e. The highest BCUT2D eigenvalue weighted by Crippen LogP contribution is 2.20. The molecule has 0 spiro atoms. The molecule has 45 heavy (non-hydrogen) atoms. The van der Waals surface area contributed by atoms with Gasteiger partial charge in [0.05, 0.1) is 38.0 Å². The fourth-order valence-electron chi connectivity index (χ4n) is 6.73. The van der Waals surface area contributed by atoms with Crippen molar-refractivity contribution in [2.45, 2.75) is 79.5 Å². The summed E-state index contributed by atoms with van der Waals surface area (Å²) in [5.74, 6) is 24.2. The van der Waals surface area contributed by atoms with Gasteiger partial charge < -0.3 is 27.6 Å². The lowest BCUT2D eigenvalue weighted by atomic mass is 9.31. The number of rotatable bonds is 9. The fourth-order valence-corrected chi connectivity index (χ4v) is 6.73. The van der Waals surface area contributed by atoms with Crippen LogP contribution in [-0.2, 0) is 0 Å². The highest BCUT2D eigenvalue weighted by atomic mass is 16.5. The second kappa shape index (κ2) is 14.2. The van der Waals surface area contributed by atoms with Gasteiger partial charge in [-0.25, -0.2) is 17.5 Å². The van der Waals surface area contributed by atoms with Crippen molar-refractivity contribution in [3.63, 3.8) is 0 Å². The Morgan fingerprint density at radius 1 is 0.444 bits per heavy atom. The van der Waals surface area contributed by atoms with Gasteiger partial charge in [0.2, 0.25) is 0 Å². The van der Waals surface area contributed by atoms with Crippen LogP contribution in [0.25, 0.3) is 0 Å². The Hall–Kier alpha value is -4.28. The molecule has 0 atom stereocenters. The molecule has 6 nitrogen and oxygen atoms in total. The Morgan fingerprint density at radius 3 is 0.889 bits per heavy atom. The van der Waals surface area contributed by atoms with E-state index in [9.17, 15) is 0 Å². The Kier molecular flexibility index (Phi) is 10.6. The van der Waals surface area contributed by atoms with Gasteiger partial charge in [-0.1, -0.05) is 41.5 Å². The largest absolute Gasteiger partial charge is 0.491 e. The molecular formula is C36H48B3N3O3.